The average Bonchev–Trinajstić information content (AvgIpc) is 2.68. The van der Waals surface area contributed by atoms with Gasteiger partial charge in [0.2, 0.25) is 0 Å². The van der Waals surface area contributed by atoms with Gasteiger partial charge in [0.05, 0.1) is 19.3 Å². The third-order valence-electron chi connectivity index (χ3n) is 4.48. The molecule has 1 fully saturated rings. The van der Waals surface area contributed by atoms with Gasteiger partial charge in [0.15, 0.2) is 17.3 Å². The summed E-state index contributed by atoms with van der Waals surface area (Å²) in [5.41, 5.74) is 0.675. The maximum Gasteiger partial charge on any atom is 0.171 e. The van der Waals surface area contributed by atoms with Crippen LogP contribution in [0, 0.1) is 5.92 Å². The average molecular weight is 289 g/mol. The van der Waals surface area contributed by atoms with E-state index in [-0.39, 0.29) is 11.7 Å². The lowest BCUT2D eigenvalue weighted by Crippen LogP contribution is -2.36. The normalized spacial score (nSPS) is 23.1. The number of ketones is 1. The Bertz CT molecular complexity index is 509. The third kappa shape index (κ3) is 3.05. The van der Waals surface area contributed by atoms with Gasteiger partial charge in [-0.1, -0.05) is 12.5 Å². The Morgan fingerprint density at radius 3 is 2.86 bits per heavy atom. The van der Waals surface area contributed by atoms with E-state index in [4.69, 9.17) is 9.47 Å². The van der Waals surface area contributed by atoms with Gasteiger partial charge < -0.3 is 14.4 Å². The van der Waals surface area contributed by atoms with Gasteiger partial charge in [-0.3, -0.25) is 4.79 Å². The molecule has 1 aromatic carbocycles. The molecule has 0 spiro atoms. The SMILES string of the molecule is COc1cccc2c1OCCC(CN1CCCCC1)C2=O. The highest BCUT2D eigenvalue weighted by molar-refractivity contribution is 6.01. The molecule has 0 radical (unpaired) electrons. The number of carbonyl (C=O) groups excluding carboxylic acids is 1. The Kier molecular flexibility index (Phi) is 4.44. The molecular formula is C17H23NO3. The highest BCUT2D eigenvalue weighted by atomic mass is 16.5. The standard InChI is InChI=1S/C17H23NO3/c1-20-15-7-5-6-14-16(19)13(8-11-21-17(14)15)12-18-9-3-2-4-10-18/h5-7,13H,2-4,8-12H2,1H3. The van der Waals surface area contributed by atoms with Crippen molar-refractivity contribution in [1.82, 2.24) is 4.90 Å². The molecule has 1 saturated heterocycles. The van der Waals surface area contributed by atoms with E-state index >= 15 is 0 Å². The van der Waals surface area contributed by atoms with Crippen molar-refractivity contribution in [2.75, 3.05) is 33.4 Å². The maximum atomic E-state index is 12.8. The van der Waals surface area contributed by atoms with Gasteiger partial charge in [-0.25, -0.2) is 0 Å². The summed E-state index contributed by atoms with van der Waals surface area (Å²) in [6.07, 6.45) is 4.61. The topological polar surface area (TPSA) is 38.8 Å². The second-order valence-electron chi connectivity index (χ2n) is 5.90. The van der Waals surface area contributed by atoms with Crippen LogP contribution in [-0.2, 0) is 0 Å². The number of piperidine rings is 1. The molecule has 0 aliphatic carbocycles. The van der Waals surface area contributed by atoms with Crippen LogP contribution in [0.3, 0.4) is 0 Å². The first-order valence-electron chi connectivity index (χ1n) is 7.86. The van der Waals surface area contributed by atoms with Gasteiger partial charge in [0.25, 0.3) is 0 Å². The summed E-state index contributed by atoms with van der Waals surface area (Å²) < 4.78 is 11.1. The summed E-state index contributed by atoms with van der Waals surface area (Å²) in [7, 11) is 1.61. The van der Waals surface area contributed by atoms with Crippen molar-refractivity contribution in [1.29, 1.82) is 0 Å². The van der Waals surface area contributed by atoms with E-state index in [2.05, 4.69) is 4.90 Å². The van der Waals surface area contributed by atoms with Crippen molar-refractivity contribution in [3.63, 3.8) is 0 Å². The molecule has 4 heteroatoms. The van der Waals surface area contributed by atoms with Gasteiger partial charge in [0.1, 0.15) is 0 Å². The van der Waals surface area contributed by atoms with Crippen LogP contribution >= 0.6 is 0 Å². The first-order valence-corrected chi connectivity index (χ1v) is 7.86. The molecule has 0 bridgehead atoms. The molecule has 114 valence electrons. The molecule has 2 aliphatic rings. The summed E-state index contributed by atoms with van der Waals surface area (Å²) >= 11 is 0. The van der Waals surface area contributed by atoms with Gasteiger partial charge in [0, 0.05) is 12.5 Å². The number of hydrogen-bond donors (Lipinski definition) is 0. The number of rotatable bonds is 3. The molecule has 1 aromatic rings. The van der Waals surface area contributed by atoms with E-state index in [0.717, 1.165) is 26.1 Å². The molecule has 2 aliphatic heterocycles. The van der Waals surface area contributed by atoms with Crippen molar-refractivity contribution >= 4 is 5.78 Å². The molecule has 0 amide bonds. The molecule has 1 atom stereocenters. The lowest BCUT2D eigenvalue weighted by molar-refractivity contribution is 0.0859. The number of ether oxygens (including phenoxy) is 2. The van der Waals surface area contributed by atoms with Crippen molar-refractivity contribution in [3.05, 3.63) is 23.8 Å². The predicted molar refractivity (Wildman–Crippen MR) is 81.2 cm³/mol. The Hall–Kier alpha value is -1.55. The zero-order chi connectivity index (χ0) is 14.7. The van der Waals surface area contributed by atoms with Crippen molar-refractivity contribution < 1.29 is 14.3 Å². The third-order valence-corrected chi connectivity index (χ3v) is 4.48. The molecule has 0 aromatic heterocycles. The Morgan fingerprint density at radius 2 is 2.10 bits per heavy atom. The fourth-order valence-electron chi connectivity index (χ4n) is 3.30. The largest absolute Gasteiger partial charge is 0.493 e. The summed E-state index contributed by atoms with van der Waals surface area (Å²) in [6.45, 7) is 3.68. The molecule has 0 N–H and O–H groups in total. The van der Waals surface area contributed by atoms with Crippen LogP contribution in [0.15, 0.2) is 18.2 Å². The lowest BCUT2D eigenvalue weighted by Gasteiger charge is -2.29. The highest BCUT2D eigenvalue weighted by Gasteiger charge is 2.30. The minimum Gasteiger partial charge on any atom is -0.493 e. The summed E-state index contributed by atoms with van der Waals surface area (Å²) in [4.78, 5) is 15.2. The minimum absolute atomic E-state index is 0.0384. The van der Waals surface area contributed by atoms with Crippen LogP contribution in [0.25, 0.3) is 0 Å². The smallest absolute Gasteiger partial charge is 0.171 e. The van der Waals surface area contributed by atoms with Crippen LogP contribution in [0.2, 0.25) is 0 Å². The number of benzene rings is 1. The summed E-state index contributed by atoms with van der Waals surface area (Å²) in [5.74, 6) is 1.51. The van der Waals surface area contributed by atoms with E-state index in [1.165, 1.54) is 19.3 Å². The first-order chi connectivity index (χ1) is 10.3. The zero-order valence-corrected chi connectivity index (χ0v) is 12.6. The second-order valence-corrected chi connectivity index (χ2v) is 5.90. The van der Waals surface area contributed by atoms with E-state index < -0.39 is 0 Å². The molecule has 4 nitrogen and oxygen atoms in total. The van der Waals surface area contributed by atoms with Crippen molar-refractivity contribution in [2.24, 2.45) is 5.92 Å². The number of fused-ring (bicyclic) bond motifs is 1. The number of likely N-dealkylation sites (tertiary alicyclic amines) is 1. The minimum atomic E-state index is 0.0384. The van der Waals surface area contributed by atoms with Gasteiger partial charge >= 0.3 is 0 Å². The number of nitrogens with zero attached hydrogens (tertiary/aromatic N) is 1. The lowest BCUT2D eigenvalue weighted by atomic mass is 9.94. The number of carbonyl (C=O) groups is 1. The Labute approximate surface area is 126 Å². The Balaban J connectivity index is 1.79. The van der Waals surface area contributed by atoms with Crippen LogP contribution in [-0.4, -0.2) is 44.0 Å². The monoisotopic (exact) mass is 289 g/mol. The number of para-hydroxylation sites is 1. The fraction of sp³-hybridized carbons (Fsp3) is 0.588. The van der Waals surface area contributed by atoms with Crippen LogP contribution in [0.4, 0.5) is 0 Å². The second kappa shape index (κ2) is 6.48. The van der Waals surface area contributed by atoms with E-state index in [0.29, 0.717) is 23.7 Å². The van der Waals surface area contributed by atoms with Gasteiger partial charge in [-0.2, -0.15) is 0 Å². The van der Waals surface area contributed by atoms with Gasteiger partial charge in [-0.15, -0.1) is 0 Å². The molecular weight excluding hydrogens is 266 g/mol. The van der Waals surface area contributed by atoms with Gasteiger partial charge in [-0.05, 0) is 44.5 Å². The quantitative estimate of drug-likeness (QED) is 0.857. The molecule has 2 heterocycles. The zero-order valence-electron chi connectivity index (χ0n) is 12.6. The van der Waals surface area contributed by atoms with Crippen LogP contribution < -0.4 is 9.47 Å². The highest BCUT2D eigenvalue weighted by Crippen LogP contribution is 2.35. The molecule has 21 heavy (non-hydrogen) atoms. The van der Waals surface area contributed by atoms with E-state index in [9.17, 15) is 4.79 Å². The van der Waals surface area contributed by atoms with E-state index in [1.807, 2.05) is 18.2 Å². The maximum absolute atomic E-state index is 12.8. The fourth-order valence-corrected chi connectivity index (χ4v) is 3.30. The summed E-state index contributed by atoms with van der Waals surface area (Å²) in [5, 5.41) is 0. The summed E-state index contributed by atoms with van der Waals surface area (Å²) in [6, 6.07) is 5.56. The molecule has 0 saturated carbocycles. The number of methoxy groups -OCH3 is 1. The van der Waals surface area contributed by atoms with Crippen LogP contribution in [0.1, 0.15) is 36.0 Å². The van der Waals surface area contributed by atoms with Crippen LogP contribution in [0.5, 0.6) is 11.5 Å². The first kappa shape index (κ1) is 14.4. The number of hydrogen-bond acceptors (Lipinski definition) is 4. The molecule has 3 rings (SSSR count). The van der Waals surface area contributed by atoms with Crippen molar-refractivity contribution in [2.45, 2.75) is 25.7 Å². The predicted octanol–water partition coefficient (Wildman–Crippen LogP) is 2.76. The Morgan fingerprint density at radius 1 is 1.29 bits per heavy atom. The molecule has 1 unspecified atom stereocenters. The van der Waals surface area contributed by atoms with Crippen molar-refractivity contribution in [3.8, 4) is 11.5 Å². The number of Topliss-reactive ketones (excluding diaryl/α,β-unsaturated/α-hetero) is 1. The van der Waals surface area contributed by atoms with E-state index in [1.54, 1.807) is 7.11 Å².